The van der Waals surface area contributed by atoms with Crippen LogP contribution in [0, 0.1) is 11.8 Å². The maximum Gasteiger partial charge on any atom is 0.326 e. The van der Waals surface area contributed by atoms with E-state index in [9.17, 15) is 14.7 Å². The summed E-state index contributed by atoms with van der Waals surface area (Å²) >= 11 is 0. The van der Waals surface area contributed by atoms with Crippen molar-refractivity contribution in [1.29, 1.82) is 0 Å². The van der Waals surface area contributed by atoms with Gasteiger partial charge < -0.3 is 10.4 Å². The number of carbonyl (C=O) groups is 2. The van der Waals surface area contributed by atoms with Gasteiger partial charge in [0.1, 0.15) is 6.04 Å². The molecule has 114 valence electrons. The molecule has 0 radical (unpaired) electrons. The van der Waals surface area contributed by atoms with E-state index in [1.165, 1.54) is 0 Å². The maximum atomic E-state index is 12.5. The maximum absolute atomic E-state index is 12.5. The third-order valence-electron chi connectivity index (χ3n) is 3.86. The van der Waals surface area contributed by atoms with Crippen molar-refractivity contribution in [1.82, 2.24) is 5.32 Å². The van der Waals surface area contributed by atoms with Crippen molar-refractivity contribution >= 4 is 11.9 Å². The number of amides is 1. The fourth-order valence-corrected chi connectivity index (χ4v) is 2.68. The topological polar surface area (TPSA) is 66.4 Å². The molecule has 0 heterocycles. The number of carboxylic acids is 1. The second-order valence-corrected chi connectivity index (χ2v) is 6.25. The molecule has 21 heavy (non-hydrogen) atoms. The first kappa shape index (κ1) is 15.5. The fraction of sp³-hybridized carbons (Fsp3) is 0.529. The Balaban J connectivity index is 2.10. The van der Waals surface area contributed by atoms with E-state index in [2.05, 4.69) is 5.32 Å². The Morgan fingerprint density at radius 2 is 1.86 bits per heavy atom. The molecule has 1 aliphatic carbocycles. The molecule has 1 aromatic rings. The van der Waals surface area contributed by atoms with Gasteiger partial charge in [-0.3, -0.25) is 4.79 Å². The molecule has 0 aromatic heterocycles. The molecule has 1 fully saturated rings. The van der Waals surface area contributed by atoms with Crippen LogP contribution in [0.4, 0.5) is 0 Å². The summed E-state index contributed by atoms with van der Waals surface area (Å²) in [5.74, 6) is -0.764. The van der Waals surface area contributed by atoms with E-state index in [-0.39, 0.29) is 17.7 Å². The molecule has 0 aliphatic heterocycles. The Morgan fingerprint density at radius 1 is 1.24 bits per heavy atom. The van der Waals surface area contributed by atoms with Gasteiger partial charge in [0.05, 0.1) is 5.92 Å². The molecule has 4 heteroatoms. The molecule has 0 spiro atoms. The predicted molar refractivity (Wildman–Crippen MR) is 80.9 cm³/mol. The molecular weight excluding hydrogens is 266 g/mol. The number of carboxylic acid groups (broad SMARTS) is 1. The van der Waals surface area contributed by atoms with Crippen LogP contribution in [0.2, 0.25) is 0 Å². The molecule has 1 aromatic carbocycles. The summed E-state index contributed by atoms with van der Waals surface area (Å²) in [4.78, 5) is 23.8. The van der Waals surface area contributed by atoms with Crippen LogP contribution in [-0.4, -0.2) is 23.0 Å². The average molecular weight is 289 g/mol. The highest BCUT2D eigenvalue weighted by Crippen LogP contribution is 2.42. The molecule has 1 amide bonds. The zero-order chi connectivity index (χ0) is 15.4. The van der Waals surface area contributed by atoms with Gasteiger partial charge in [0.2, 0.25) is 5.91 Å². The highest BCUT2D eigenvalue weighted by Gasteiger charge is 2.38. The summed E-state index contributed by atoms with van der Waals surface area (Å²) in [6.45, 7) is 3.91. The Kier molecular flexibility index (Phi) is 4.99. The SMILES string of the molecule is CC(C)C[C@@H](NC(=O)C(c1ccccc1)C1CC1)C(=O)O. The molecule has 0 bridgehead atoms. The first-order valence-electron chi connectivity index (χ1n) is 7.57. The molecule has 1 unspecified atom stereocenters. The zero-order valence-corrected chi connectivity index (χ0v) is 12.6. The van der Waals surface area contributed by atoms with Crippen LogP contribution >= 0.6 is 0 Å². The third-order valence-corrected chi connectivity index (χ3v) is 3.86. The van der Waals surface area contributed by atoms with Gasteiger partial charge in [0, 0.05) is 0 Å². The van der Waals surface area contributed by atoms with E-state index in [0.29, 0.717) is 12.3 Å². The summed E-state index contributed by atoms with van der Waals surface area (Å²) < 4.78 is 0. The number of hydrogen-bond acceptors (Lipinski definition) is 2. The van der Waals surface area contributed by atoms with E-state index >= 15 is 0 Å². The van der Waals surface area contributed by atoms with Crippen molar-refractivity contribution in [3.63, 3.8) is 0 Å². The summed E-state index contributed by atoms with van der Waals surface area (Å²) in [7, 11) is 0. The van der Waals surface area contributed by atoms with Crippen LogP contribution in [0.3, 0.4) is 0 Å². The number of benzene rings is 1. The van der Waals surface area contributed by atoms with Gasteiger partial charge in [0.25, 0.3) is 0 Å². The van der Waals surface area contributed by atoms with Gasteiger partial charge in [-0.1, -0.05) is 44.2 Å². The Labute approximate surface area is 125 Å². The van der Waals surface area contributed by atoms with Crippen LogP contribution in [0.15, 0.2) is 30.3 Å². The van der Waals surface area contributed by atoms with E-state index < -0.39 is 12.0 Å². The van der Waals surface area contributed by atoms with E-state index in [0.717, 1.165) is 18.4 Å². The van der Waals surface area contributed by atoms with E-state index in [4.69, 9.17) is 0 Å². The molecule has 1 saturated carbocycles. The quantitative estimate of drug-likeness (QED) is 0.811. The minimum atomic E-state index is -0.959. The molecular formula is C17H23NO3. The standard InChI is InChI=1S/C17H23NO3/c1-11(2)10-14(17(20)21)18-16(19)15(13-8-9-13)12-6-4-3-5-7-12/h3-7,11,13-15H,8-10H2,1-2H3,(H,18,19)(H,20,21)/t14-,15?/m1/s1. The zero-order valence-electron chi connectivity index (χ0n) is 12.6. The number of aliphatic carboxylic acids is 1. The minimum absolute atomic E-state index is 0.156. The molecule has 2 rings (SSSR count). The van der Waals surface area contributed by atoms with Gasteiger partial charge in [-0.15, -0.1) is 0 Å². The van der Waals surface area contributed by atoms with Gasteiger partial charge in [-0.25, -0.2) is 4.79 Å². The monoisotopic (exact) mass is 289 g/mol. The van der Waals surface area contributed by atoms with Crippen molar-refractivity contribution in [2.24, 2.45) is 11.8 Å². The molecule has 0 saturated heterocycles. The summed E-state index contributed by atoms with van der Waals surface area (Å²) in [5, 5.41) is 12.0. The van der Waals surface area contributed by atoms with Crippen LogP contribution < -0.4 is 5.32 Å². The first-order chi connectivity index (χ1) is 9.99. The smallest absolute Gasteiger partial charge is 0.326 e. The highest BCUT2D eigenvalue weighted by atomic mass is 16.4. The van der Waals surface area contributed by atoms with Gasteiger partial charge in [-0.05, 0) is 36.7 Å². The van der Waals surface area contributed by atoms with E-state index in [1.54, 1.807) is 0 Å². The van der Waals surface area contributed by atoms with Gasteiger partial charge in [0.15, 0.2) is 0 Å². The summed E-state index contributed by atoms with van der Waals surface area (Å²) in [5.41, 5.74) is 0.978. The normalized spacial score (nSPS) is 17.3. The number of carbonyl (C=O) groups excluding carboxylic acids is 1. The largest absolute Gasteiger partial charge is 0.480 e. The van der Waals surface area contributed by atoms with Crippen molar-refractivity contribution in [2.45, 2.75) is 45.1 Å². The lowest BCUT2D eigenvalue weighted by molar-refractivity contribution is -0.142. The summed E-state index contributed by atoms with van der Waals surface area (Å²) in [6, 6.07) is 8.84. The minimum Gasteiger partial charge on any atom is -0.480 e. The predicted octanol–water partition coefficient (Wildman–Crippen LogP) is 2.80. The third kappa shape index (κ3) is 4.31. The van der Waals surface area contributed by atoms with Crippen LogP contribution in [0.25, 0.3) is 0 Å². The lowest BCUT2D eigenvalue weighted by Crippen LogP contribution is -2.44. The highest BCUT2D eigenvalue weighted by molar-refractivity contribution is 5.88. The van der Waals surface area contributed by atoms with Crippen LogP contribution in [0.1, 0.15) is 44.6 Å². The lowest BCUT2D eigenvalue weighted by Gasteiger charge is -2.21. The number of nitrogens with one attached hydrogen (secondary N) is 1. The van der Waals surface area contributed by atoms with Crippen molar-refractivity contribution < 1.29 is 14.7 Å². The molecule has 2 N–H and O–H groups in total. The molecule has 2 atom stereocenters. The Hall–Kier alpha value is -1.84. The number of hydrogen-bond donors (Lipinski definition) is 2. The first-order valence-corrected chi connectivity index (χ1v) is 7.57. The van der Waals surface area contributed by atoms with Crippen molar-refractivity contribution in [3.05, 3.63) is 35.9 Å². The van der Waals surface area contributed by atoms with Crippen LogP contribution in [0.5, 0.6) is 0 Å². The lowest BCUT2D eigenvalue weighted by atomic mass is 9.92. The van der Waals surface area contributed by atoms with Crippen molar-refractivity contribution in [3.8, 4) is 0 Å². The second-order valence-electron chi connectivity index (χ2n) is 6.25. The fourth-order valence-electron chi connectivity index (χ4n) is 2.68. The summed E-state index contributed by atoms with van der Waals surface area (Å²) in [6.07, 6.45) is 2.52. The molecule has 4 nitrogen and oxygen atoms in total. The average Bonchev–Trinajstić information content (AvgIpc) is 3.23. The van der Waals surface area contributed by atoms with Crippen LogP contribution in [-0.2, 0) is 9.59 Å². The Morgan fingerprint density at radius 3 is 2.33 bits per heavy atom. The van der Waals surface area contributed by atoms with Gasteiger partial charge in [-0.2, -0.15) is 0 Å². The Bertz CT molecular complexity index is 494. The molecule has 1 aliphatic rings. The number of rotatable bonds is 7. The van der Waals surface area contributed by atoms with E-state index in [1.807, 2.05) is 44.2 Å². The van der Waals surface area contributed by atoms with Crippen molar-refractivity contribution in [2.75, 3.05) is 0 Å². The second kappa shape index (κ2) is 6.74. The van der Waals surface area contributed by atoms with Gasteiger partial charge >= 0.3 is 5.97 Å².